The van der Waals surface area contributed by atoms with Crippen molar-refractivity contribution in [2.45, 2.75) is 6.42 Å². The van der Waals surface area contributed by atoms with Crippen LogP contribution in [-0.2, 0) is 6.42 Å². The Balaban J connectivity index is 2.60. The minimum atomic E-state index is -0.608. The van der Waals surface area contributed by atoms with Gasteiger partial charge in [-0.1, -0.05) is 0 Å². The van der Waals surface area contributed by atoms with E-state index in [4.69, 9.17) is 9.52 Å². The summed E-state index contributed by atoms with van der Waals surface area (Å²) in [5.41, 5.74) is -0.212. The van der Waals surface area contributed by atoms with E-state index >= 15 is 0 Å². The Labute approximate surface area is 74.4 Å². The van der Waals surface area contributed by atoms with Crippen molar-refractivity contribution in [2.24, 2.45) is 0 Å². The van der Waals surface area contributed by atoms with Crippen LogP contribution in [0.25, 0.3) is 0 Å². The maximum absolute atomic E-state index is 10.2. The molecule has 0 unspecified atom stereocenters. The SMILES string of the molecule is O=[N+]([O-])/C(=C/Cc1ccco1)CO. The van der Waals surface area contributed by atoms with Crippen molar-refractivity contribution >= 4 is 0 Å². The second-order valence-corrected chi connectivity index (χ2v) is 2.39. The topological polar surface area (TPSA) is 76.5 Å². The van der Waals surface area contributed by atoms with Crippen LogP contribution >= 0.6 is 0 Å². The third-order valence-corrected chi connectivity index (χ3v) is 1.52. The molecule has 1 aromatic rings. The highest BCUT2D eigenvalue weighted by Gasteiger charge is 2.07. The maximum Gasteiger partial charge on any atom is 0.267 e. The molecule has 0 saturated heterocycles. The second-order valence-electron chi connectivity index (χ2n) is 2.39. The summed E-state index contributed by atoms with van der Waals surface area (Å²) in [7, 11) is 0. The normalized spacial score (nSPS) is 11.6. The molecule has 1 heterocycles. The molecule has 1 aromatic heterocycles. The van der Waals surface area contributed by atoms with E-state index in [9.17, 15) is 10.1 Å². The van der Waals surface area contributed by atoms with Crippen molar-refractivity contribution in [2.75, 3.05) is 6.61 Å². The van der Waals surface area contributed by atoms with Gasteiger partial charge in [0.25, 0.3) is 5.70 Å². The highest BCUT2D eigenvalue weighted by Crippen LogP contribution is 2.04. The minimum Gasteiger partial charge on any atom is -0.469 e. The van der Waals surface area contributed by atoms with E-state index in [0.29, 0.717) is 12.2 Å². The Hall–Kier alpha value is -1.62. The summed E-state index contributed by atoms with van der Waals surface area (Å²) in [4.78, 5) is 9.63. The van der Waals surface area contributed by atoms with E-state index in [1.165, 1.54) is 12.3 Å². The summed E-state index contributed by atoms with van der Waals surface area (Å²) in [5.74, 6) is 0.632. The summed E-state index contributed by atoms with van der Waals surface area (Å²) in [6, 6.07) is 3.42. The number of hydrogen-bond donors (Lipinski definition) is 1. The van der Waals surface area contributed by atoms with Gasteiger partial charge >= 0.3 is 0 Å². The molecule has 0 aliphatic rings. The largest absolute Gasteiger partial charge is 0.469 e. The van der Waals surface area contributed by atoms with Gasteiger partial charge in [0.15, 0.2) is 0 Å². The number of nitrogens with zero attached hydrogens (tertiary/aromatic N) is 1. The molecule has 0 aromatic carbocycles. The lowest BCUT2D eigenvalue weighted by Crippen LogP contribution is -2.03. The van der Waals surface area contributed by atoms with Gasteiger partial charge in [0, 0.05) is 6.42 Å². The number of aliphatic hydroxyl groups excluding tert-OH is 1. The smallest absolute Gasteiger partial charge is 0.267 e. The fourth-order valence-electron chi connectivity index (χ4n) is 0.844. The quantitative estimate of drug-likeness (QED) is 0.557. The Morgan fingerprint density at radius 2 is 2.54 bits per heavy atom. The van der Waals surface area contributed by atoms with Crippen molar-refractivity contribution in [1.82, 2.24) is 0 Å². The first-order valence-electron chi connectivity index (χ1n) is 3.70. The standard InChI is InChI=1S/C8H9NO4/c10-6-7(9(11)12)3-4-8-2-1-5-13-8/h1-3,5,10H,4,6H2/b7-3+. The molecule has 0 atom stereocenters. The summed E-state index contributed by atoms with van der Waals surface area (Å²) in [6.45, 7) is -0.562. The number of nitro groups is 1. The highest BCUT2D eigenvalue weighted by atomic mass is 16.6. The average molecular weight is 183 g/mol. The molecular formula is C8H9NO4. The van der Waals surface area contributed by atoms with Gasteiger partial charge in [-0.3, -0.25) is 10.1 Å². The molecule has 0 fully saturated rings. The predicted molar refractivity (Wildman–Crippen MR) is 44.6 cm³/mol. The van der Waals surface area contributed by atoms with E-state index in [1.54, 1.807) is 12.1 Å². The van der Waals surface area contributed by atoms with Gasteiger partial charge in [-0.05, 0) is 18.2 Å². The van der Waals surface area contributed by atoms with E-state index in [2.05, 4.69) is 0 Å². The van der Waals surface area contributed by atoms with Crippen LogP contribution in [0.5, 0.6) is 0 Å². The third-order valence-electron chi connectivity index (χ3n) is 1.52. The lowest BCUT2D eigenvalue weighted by molar-refractivity contribution is -0.430. The first-order valence-corrected chi connectivity index (χ1v) is 3.70. The van der Waals surface area contributed by atoms with Gasteiger partial charge in [-0.25, -0.2) is 0 Å². The lowest BCUT2D eigenvalue weighted by Gasteiger charge is -1.92. The zero-order valence-electron chi connectivity index (χ0n) is 6.84. The van der Waals surface area contributed by atoms with Crippen LogP contribution in [0.3, 0.4) is 0 Å². The first kappa shape index (κ1) is 9.47. The Morgan fingerprint density at radius 3 is 3.00 bits per heavy atom. The van der Waals surface area contributed by atoms with Crippen LogP contribution in [-0.4, -0.2) is 16.6 Å². The van der Waals surface area contributed by atoms with Crippen molar-refractivity contribution in [3.8, 4) is 0 Å². The minimum absolute atomic E-state index is 0.212. The molecule has 0 aliphatic carbocycles. The number of furan rings is 1. The van der Waals surface area contributed by atoms with Crippen LogP contribution in [0.4, 0.5) is 0 Å². The molecular weight excluding hydrogens is 174 g/mol. The first-order chi connectivity index (χ1) is 6.24. The highest BCUT2D eigenvalue weighted by molar-refractivity contribution is 5.05. The van der Waals surface area contributed by atoms with Crippen molar-refractivity contribution in [1.29, 1.82) is 0 Å². The van der Waals surface area contributed by atoms with Crippen LogP contribution in [0.15, 0.2) is 34.6 Å². The zero-order valence-corrected chi connectivity index (χ0v) is 6.84. The van der Waals surface area contributed by atoms with E-state index in [1.807, 2.05) is 0 Å². The van der Waals surface area contributed by atoms with Gasteiger partial charge in [-0.2, -0.15) is 0 Å². The molecule has 0 amide bonds. The van der Waals surface area contributed by atoms with Crippen molar-refractivity contribution in [3.63, 3.8) is 0 Å². The molecule has 5 nitrogen and oxygen atoms in total. The molecule has 0 aliphatic heterocycles. The molecule has 1 rings (SSSR count). The van der Waals surface area contributed by atoms with Gasteiger partial charge in [0.2, 0.25) is 0 Å². The van der Waals surface area contributed by atoms with E-state index in [-0.39, 0.29) is 5.70 Å². The Morgan fingerprint density at radius 1 is 1.77 bits per heavy atom. The molecule has 1 N–H and O–H groups in total. The van der Waals surface area contributed by atoms with Crippen LogP contribution in [0.2, 0.25) is 0 Å². The predicted octanol–water partition coefficient (Wildman–Crippen LogP) is 0.975. The number of rotatable bonds is 4. The fourth-order valence-corrected chi connectivity index (χ4v) is 0.844. The average Bonchev–Trinajstić information content (AvgIpc) is 2.57. The zero-order chi connectivity index (χ0) is 9.68. The van der Waals surface area contributed by atoms with Gasteiger partial charge in [-0.15, -0.1) is 0 Å². The maximum atomic E-state index is 10.2. The number of aliphatic hydroxyl groups is 1. The second kappa shape index (κ2) is 4.42. The summed E-state index contributed by atoms with van der Waals surface area (Å²) < 4.78 is 4.96. The summed E-state index contributed by atoms with van der Waals surface area (Å²) in [6.07, 6.45) is 3.15. The molecule has 13 heavy (non-hydrogen) atoms. The lowest BCUT2D eigenvalue weighted by atomic mass is 10.3. The van der Waals surface area contributed by atoms with Crippen LogP contribution in [0.1, 0.15) is 5.76 Å². The fraction of sp³-hybridized carbons (Fsp3) is 0.250. The van der Waals surface area contributed by atoms with Gasteiger partial charge in [0.1, 0.15) is 12.4 Å². The molecule has 70 valence electrons. The summed E-state index contributed by atoms with van der Waals surface area (Å²) in [5, 5.41) is 18.8. The molecule has 5 heteroatoms. The summed E-state index contributed by atoms with van der Waals surface area (Å²) >= 11 is 0. The monoisotopic (exact) mass is 183 g/mol. The Kier molecular flexibility index (Phi) is 3.22. The molecule has 0 radical (unpaired) electrons. The van der Waals surface area contributed by atoms with E-state index in [0.717, 1.165) is 0 Å². The third kappa shape index (κ3) is 2.72. The van der Waals surface area contributed by atoms with Crippen LogP contribution < -0.4 is 0 Å². The molecule has 0 bridgehead atoms. The van der Waals surface area contributed by atoms with Crippen molar-refractivity contribution in [3.05, 3.63) is 46.0 Å². The van der Waals surface area contributed by atoms with Crippen molar-refractivity contribution < 1.29 is 14.4 Å². The number of hydrogen-bond acceptors (Lipinski definition) is 4. The van der Waals surface area contributed by atoms with Gasteiger partial charge < -0.3 is 9.52 Å². The van der Waals surface area contributed by atoms with Gasteiger partial charge in [0.05, 0.1) is 11.2 Å². The molecule has 0 spiro atoms. The van der Waals surface area contributed by atoms with E-state index < -0.39 is 11.5 Å². The number of allylic oxidation sites excluding steroid dienone is 1. The molecule has 0 saturated carbocycles. The van der Waals surface area contributed by atoms with Crippen LogP contribution in [0, 0.1) is 10.1 Å². The Bertz CT molecular complexity index is 302.